The number of amides is 2. The summed E-state index contributed by atoms with van der Waals surface area (Å²) in [7, 11) is 0. The minimum Gasteiger partial charge on any atom is -0.352 e. The number of carbonyl (C=O) groups excluding carboxylic acids is 2. The van der Waals surface area contributed by atoms with E-state index in [1.807, 2.05) is 18.2 Å². The summed E-state index contributed by atoms with van der Waals surface area (Å²) >= 11 is 0. The number of hydrogen-bond donors (Lipinski definition) is 1. The third kappa shape index (κ3) is 5.55. The fourth-order valence-corrected chi connectivity index (χ4v) is 4.69. The van der Waals surface area contributed by atoms with Gasteiger partial charge in [0.05, 0.1) is 11.5 Å². The molecule has 3 unspecified atom stereocenters. The first kappa shape index (κ1) is 23.3. The molecule has 2 heterocycles. The summed E-state index contributed by atoms with van der Waals surface area (Å²) < 4.78 is 38.9. The fraction of sp³-hybridized carbons (Fsp3) is 0.440. The number of hydrogen-bond acceptors (Lipinski definition) is 3. The van der Waals surface area contributed by atoms with E-state index in [1.165, 1.54) is 16.5 Å². The van der Waals surface area contributed by atoms with Crippen LogP contribution >= 0.6 is 0 Å². The highest BCUT2D eigenvalue weighted by Crippen LogP contribution is 2.30. The normalized spacial score (nSPS) is 22.5. The molecule has 0 spiro atoms. The molecule has 33 heavy (non-hydrogen) atoms. The van der Waals surface area contributed by atoms with Gasteiger partial charge in [0.1, 0.15) is 0 Å². The number of halogens is 3. The smallest absolute Gasteiger partial charge is 0.352 e. The summed E-state index contributed by atoms with van der Waals surface area (Å²) in [5, 5.41) is 3.08. The summed E-state index contributed by atoms with van der Waals surface area (Å²) in [6.45, 7) is 4.07. The zero-order valence-electron chi connectivity index (χ0n) is 18.5. The van der Waals surface area contributed by atoms with E-state index in [4.69, 9.17) is 0 Å². The summed E-state index contributed by atoms with van der Waals surface area (Å²) in [6.07, 6.45) is -3.50. The monoisotopic (exact) mass is 459 g/mol. The Labute approximate surface area is 191 Å². The molecule has 8 heteroatoms. The summed E-state index contributed by atoms with van der Waals surface area (Å²) in [5.41, 5.74) is 0.896. The van der Waals surface area contributed by atoms with Crippen LogP contribution in [0.15, 0.2) is 54.6 Å². The van der Waals surface area contributed by atoms with Gasteiger partial charge >= 0.3 is 6.18 Å². The zero-order chi connectivity index (χ0) is 23.6. The molecule has 4 rings (SSSR count). The fourth-order valence-electron chi connectivity index (χ4n) is 4.69. The predicted octanol–water partition coefficient (Wildman–Crippen LogP) is 4.01. The minimum atomic E-state index is -4.43. The van der Waals surface area contributed by atoms with E-state index in [1.54, 1.807) is 6.07 Å². The van der Waals surface area contributed by atoms with Gasteiger partial charge in [0.2, 0.25) is 11.8 Å². The lowest BCUT2D eigenvalue weighted by atomic mass is 10.1. The summed E-state index contributed by atoms with van der Waals surface area (Å²) in [5.74, 6) is -0.851. The van der Waals surface area contributed by atoms with Crippen LogP contribution in [-0.2, 0) is 22.3 Å². The maximum atomic E-state index is 13.0. The Morgan fingerprint density at radius 1 is 1.12 bits per heavy atom. The van der Waals surface area contributed by atoms with Gasteiger partial charge in [-0.25, -0.2) is 0 Å². The predicted molar refractivity (Wildman–Crippen MR) is 118 cm³/mol. The molecule has 2 amide bonds. The van der Waals surface area contributed by atoms with E-state index in [0.717, 1.165) is 31.6 Å². The minimum absolute atomic E-state index is 0.0243. The van der Waals surface area contributed by atoms with Gasteiger partial charge in [0, 0.05) is 44.7 Å². The van der Waals surface area contributed by atoms with Crippen LogP contribution < -0.4 is 5.32 Å². The van der Waals surface area contributed by atoms with Crippen molar-refractivity contribution in [2.24, 2.45) is 5.92 Å². The van der Waals surface area contributed by atoms with Crippen molar-refractivity contribution >= 4 is 11.8 Å². The van der Waals surface area contributed by atoms with Gasteiger partial charge < -0.3 is 10.2 Å². The molecular formula is C25H28F3N3O2. The van der Waals surface area contributed by atoms with E-state index in [0.29, 0.717) is 5.56 Å². The molecule has 3 atom stereocenters. The van der Waals surface area contributed by atoms with Gasteiger partial charge in [-0.2, -0.15) is 13.2 Å². The van der Waals surface area contributed by atoms with Crippen molar-refractivity contribution < 1.29 is 22.8 Å². The van der Waals surface area contributed by atoms with E-state index < -0.39 is 17.7 Å². The van der Waals surface area contributed by atoms with E-state index in [-0.39, 0.29) is 43.4 Å². The highest BCUT2D eigenvalue weighted by atomic mass is 19.4. The number of nitrogens with zero attached hydrogens (tertiary/aromatic N) is 2. The SMILES string of the molecule is CC(c1ccccc1)N1CCC(NC(=O)C2CC(=O)N(Cc3cccc(C(F)(F)F)c3)C2)C1. The van der Waals surface area contributed by atoms with Crippen LogP contribution in [0.4, 0.5) is 13.2 Å². The lowest BCUT2D eigenvalue weighted by molar-refractivity contribution is -0.137. The number of alkyl halides is 3. The highest BCUT2D eigenvalue weighted by molar-refractivity contribution is 5.89. The average molecular weight is 460 g/mol. The molecular weight excluding hydrogens is 431 g/mol. The van der Waals surface area contributed by atoms with Crippen molar-refractivity contribution in [2.75, 3.05) is 19.6 Å². The topological polar surface area (TPSA) is 52.7 Å². The second-order valence-corrected chi connectivity index (χ2v) is 8.95. The Hall–Kier alpha value is -2.87. The first-order valence-electron chi connectivity index (χ1n) is 11.2. The second kappa shape index (κ2) is 9.55. The number of likely N-dealkylation sites (tertiary alicyclic amines) is 2. The number of carbonyl (C=O) groups is 2. The number of benzene rings is 2. The Morgan fingerprint density at radius 3 is 2.61 bits per heavy atom. The molecule has 0 aromatic heterocycles. The molecule has 0 radical (unpaired) electrons. The van der Waals surface area contributed by atoms with Crippen LogP contribution in [0.25, 0.3) is 0 Å². The molecule has 1 N–H and O–H groups in total. The maximum Gasteiger partial charge on any atom is 0.416 e. The van der Waals surface area contributed by atoms with Crippen LogP contribution in [0.1, 0.15) is 42.5 Å². The maximum absolute atomic E-state index is 13.0. The lowest BCUT2D eigenvalue weighted by Gasteiger charge is -2.25. The molecule has 2 aromatic rings. The van der Waals surface area contributed by atoms with Crippen molar-refractivity contribution in [2.45, 2.75) is 44.6 Å². The summed E-state index contributed by atoms with van der Waals surface area (Å²) in [4.78, 5) is 29.0. The average Bonchev–Trinajstić information content (AvgIpc) is 3.40. The number of rotatable bonds is 6. The quantitative estimate of drug-likeness (QED) is 0.711. The van der Waals surface area contributed by atoms with E-state index in [9.17, 15) is 22.8 Å². The summed E-state index contributed by atoms with van der Waals surface area (Å²) in [6, 6.07) is 15.5. The second-order valence-electron chi connectivity index (χ2n) is 8.95. The van der Waals surface area contributed by atoms with Crippen molar-refractivity contribution in [3.05, 3.63) is 71.3 Å². The highest BCUT2D eigenvalue weighted by Gasteiger charge is 2.37. The Balaban J connectivity index is 1.30. The van der Waals surface area contributed by atoms with Crippen molar-refractivity contribution in [3.63, 3.8) is 0 Å². The molecule has 5 nitrogen and oxygen atoms in total. The molecule has 2 aromatic carbocycles. The van der Waals surface area contributed by atoms with Crippen LogP contribution in [0.2, 0.25) is 0 Å². The first-order valence-corrected chi connectivity index (χ1v) is 11.2. The zero-order valence-corrected chi connectivity index (χ0v) is 18.5. The molecule has 0 saturated carbocycles. The third-order valence-electron chi connectivity index (χ3n) is 6.61. The van der Waals surface area contributed by atoms with Gasteiger partial charge in [-0.15, -0.1) is 0 Å². The molecule has 2 saturated heterocycles. The largest absolute Gasteiger partial charge is 0.416 e. The van der Waals surface area contributed by atoms with E-state index >= 15 is 0 Å². The van der Waals surface area contributed by atoms with Crippen molar-refractivity contribution in [3.8, 4) is 0 Å². The first-order chi connectivity index (χ1) is 15.7. The Morgan fingerprint density at radius 2 is 1.88 bits per heavy atom. The van der Waals surface area contributed by atoms with Crippen LogP contribution in [0.5, 0.6) is 0 Å². The molecule has 2 aliphatic heterocycles. The van der Waals surface area contributed by atoms with Crippen LogP contribution in [-0.4, -0.2) is 47.3 Å². The molecule has 2 aliphatic rings. The van der Waals surface area contributed by atoms with Gasteiger partial charge in [0.25, 0.3) is 0 Å². The van der Waals surface area contributed by atoms with Gasteiger partial charge in [-0.05, 0) is 36.6 Å². The van der Waals surface area contributed by atoms with Crippen LogP contribution in [0.3, 0.4) is 0 Å². The van der Waals surface area contributed by atoms with Crippen molar-refractivity contribution in [1.82, 2.24) is 15.1 Å². The number of nitrogens with one attached hydrogen (secondary N) is 1. The molecule has 0 aliphatic carbocycles. The van der Waals surface area contributed by atoms with Crippen molar-refractivity contribution in [1.29, 1.82) is 0 Å². The Bertz CT molecular complexity index is 996. The van der Waals surface area contributed by atoms with Crippen LogP contribution in [0, 0.1) is 5.92 Å². The van der Waals surface area contributed by atoms with Gasteiger partial charge in [-0.3, -0.25) is 14.5 Å². The van der Waals surface area contributed by atoms with E-state index in [2.05, 4.69) is 29.3 Å². The van der Waals surface area contributed by atoms with Gasteiger partial charge in [-0.1, -0.05) is 42.5 Å². The van der Waals surface area contributed by atoms with Gasteiger partial charge in [0.15, 0.2) is 0 Å². The molecule has 0 bridgehead atoms. The molecule has 2 fully saturated rings. The lowest BCUT2D eigenvalue weighted by Crippen LogP contribution is -2.41. The molecule has 176 valence electrons. The standard InChI is InChI=1S/C25H28F3N3O2/c1-17(19-7-3-2-4-8-19)30-11-10-22(16-30)29-24(33)20-13-23(32)31(15-20)14-18-6-5-9-21(12-18)25(26,27)28/h2-9,12,17,20,22H,10-11,13-16H2,1H3,(H,29,33). The third-order valence-corrected chi connectivity index (χ3v) is 6.61. The Kier molecular flexibility index (Phi) is 6.74.